The molecular formula is C53H37N5. The van der Waals surface area contributed by atoms with Gasteiger partial charge in [0.15, 0.2) is 17.5 Å². The van der Waals surface area contributed by atoms with Gasteiger partial charge in [-0.2, -0.15) is 0 Å². The molecule has 0 saturated heterocycles. The maximum absolute atomic E-state index is 5.03. The molecule has 0 radical (unpaired) electrons. The molecule has 0 atom stereocenters. The van der Waals surface area contributed by atoms with E-state index in [2.05, 4.69) is 150 Å². The number of hydrogen-bond acceptors (Lipinski definition) is 3. The molecular weight excluding hydrogens is 707 g/mol. The molecule has 3 aromatic heterocycles. The standard InChI is InChI=1S/C53H37N5/c1-34-16-15-17-35(2)49(34)58-48-27-14-11-24-43(48)45-33-40(57-46-25-12-9-22-41(46)42-23-10-13-26-47(42)57)32-44(50(45)58)36-28-30-39(31-29-36)53-55-51(37-18-5-3-6-19-37)54-52(56-53)38-20-7-4-8-21-38/h3-33H,1-2H3. The number of fused-ring (bicyclic) bond motifs is 6. The lowest BCUT2D eigenvalue weighted by Crippen LogP contribution is -2.02. The fourth-order valence-corrected chi connectivity index (χ4v) is 8.76. The largest absolute Gasteiger partial charge is 0.309 e. The maximum Gasteiger partial charge on any atom is 0.164 e. The smallest absolute Gasteiger partial charge is 0.164 e. The lowest BCUT2D eigenvalue weighted by molar-refractivity contribution is 1.07. The van der Waals surface area contributed by atoms with E-state index in [4.69, 9.17) is 15.0 Å². The van der Waals surface area contributed by atoms with Crippen molar-refractivity contribution in [1.29, 1.82) is 0 Å². The van der Waals surface area contributed by atoms with Crippen molar-refractivity contribution in [2.45, 2.75) is 13.8 Å². The molecule has 0 aliphatic heterocycles. The molecule has 11 rings (SSSR count). The second-order valence-corrected chi connectivity index (χ2v) is 15.0. The van der Waals surface area contributed by atoms with Gasteiger partial charge in [-0.3, -0.25) is 0 Å². The zero-order valence-corrected chi connectivity index (χ0v) is 32.1. The molecule has 5 heteroatoms. The third kappa shape index (κ3) is 5.43. The molecule has 0 aliphatic carbocycles. The molecule has 8 aromatic carbocycles. The lowest BCUT2D eigenvalue weighted by atomic mass is 9.99. The Kier molecular flexibility index (Phi) is 7.86. The van der Waals surface area contributed by atoms with E-state index in [1.807, 2.05) is 60.7 Å². The van der Waals surface area contributed by atoms with Crippen LogP contribution in [0.4, 0.5) is 0 Å². The van der Waals surface area contributed by atoms with Crippen LogP contribution in [0.2, 0.25) is 0 Å². The van der Waals surface area contributed by atoms with E-state index in [-0.39, 0.29) is 0 Å². The molecule has 5 nitrogen and oxygen atoms in total. The number of nitrogens with zero attached hydrogens (tertiary/aromatic N) is 5. The van der Waals surface area contributed by atoms with Crippen LogP contribution in [0.5, 0.6) is 0 Å². The number of hydrogen-bond donors (Lipinski definition) is 0. The first-order valence-corrected chi connectivity index (χ1v) is 19.7. The lowest BCUT2D eigenvalue weighted by Gasteiger charge is -2.18. The van der Waals surface area contributed by atoms with Crippen LogP contribution in [0.3, 0.4) is 0 Å². The molecule has 0 amide bonds. The van der Waals surface area contributed by atoms with Gasteiger partial charge in [0.2, 0.25) is 0 Å². The third-order valence-corrected chi connectivity index (χ3v) is 11.4. The maximum atomic E-state index is 5.03. The van der Waals surface area contributed by atoms with Gasteiger partial charge in [-0.15, -0.1) is 0 Å². The van der Waals surface area contributed by atoms with Crippen LogP contribution in [0, 0.1) is 13.8 Å². The Morgan fingerprint density at radius 1 is 0.345 bits per heavy atom. The number of aryl methyl sites for hydroxylation is 2. The molecule has 0 saturated carbocycles. The average molecular weight is 744 g/mol. The highest BCUT2D eigenvalue weighted by molar-refractivity contribution is 6.16. The zero-order chi connectivity index (χ0) is 38.7. The molecule has 3 heterocycles. The van der Waals surface area contributed by atoms with Crippen LogP contribution in [-0.4, -0.2) is 24.1 Å². The van der Waals surface area contributed by atoms with Crippen molar-refractivity contribution in [2.75, 3.05) is 0 Å². The summed E-state index contributed by atoms with van der Waals surface area (Å²) in [4.78, 5) is 15.0. The highest BCUT2D eigenvalue weighted by Gasteiger charge is 2.22. The number of para-hydroxylation sites is 4. The zero-order valence-electron chi connectivity index (χ0n) is 32.1. The van der Waals surface area contributed by atoms with Crippen LogP contribution in [-0.2, 0) is 0 Å². The first-order valence-electron chi connectivity index (χ1n) is 19.7. The number of benzene rings is 8. The molecule has 0 N–H and O–H groups in total. The van der Waals surface area contributed by atoms with E-state index in [0.29, 0.717) is 17.5 Å². The Hall–Kier alpha value is -7.63. The van der Waals surface area contributed by atoms with Crippen molar-refractivity contribution >= 4 is 43.6 Å². The second kappa shape index (κ2) is 13.5. The Labute approximate surface area is 336 Å². The van der Waals surface area contributed by atoms with Crippen molar-refractivity contribution < 1.29 is 0 Å². The minimum absolute atomic E-state index is 0.632. The minimum Gasteiger partial charge on any atom is -0.309 e. The molecule has 0 fully saturated rings. The van der Waals surface area contributed by atoms with Gasteiger partial charge in [0.1, 0.15) is 0 Å². The van der Waals surface area contributed by atoms with Gasteiger partial charge in [-0.25, -0.2) is 15.0 Å². The van der Waals surface area contributed by atoms with Crippen LogP contribution in [0.25, 0.3) is 100 Å². The SMILES string of the molecule is Cc1cccc(C)c1-n1c2ccccc2c2cc(-n3c4ccccc4c4ccccc43)cc(-c3ccc(-c4nc(-c5ccccc5)nc(-c5ccccc5)n4)cc3)c21. The topological polar surface area (TPSA) is 48.5 Å². The molecule has 274 valence electrons. The Balaban J connectivity index is 1.18. The number of rotatable bonds is 6. The normalized spacial score (nSPS) is 11.6. The number of aromatic nitrogens is 5. The molecule has 0 unspecified atom stereocenters. The van der Waals surface area contributed by atoms with E-state index in [1.165, 1.54) is 60.4 Å². The summed E-state index contributed by atoms with van der Waals surface area (Å²) >= 11 is 0. The van der Waals surface area contributed by atoms with Gasteiger partial charge in [0, 0.05) is 49.5 Å². The van der Waals surface area contributed by atoms with Crippen LogP contribution < -0.4 is 0 Å². The van der Waals surface area contributed by atoms with E-state index in [0.717, 1.165) is 33.5 Å². The highest BCUT2D eigenvalue weighted by atomic mass is 15.0. The van der Waals surface area contributed by atoms with Gasteiger partial charge >= 0.3 is 0 Å². The molecule has 0 aliphatic rings. The minimum atomic E-state index is 0.632. The van der Waals surface area contributed by atoms with Crippen molar-refractivity contribution in [3.8, 4) is 56.7 Å². The van der Waals surface area contributed by atoms with Gasteiger partial charge in [0.25, 0.3) is 0 Å². The van der Waals surface area contributed by atoms with Crippen LogP contribution >= 0.6 is 0 Å². The fourth-order valence-electron chi connectivity index (χ4n) is 8.76. The van der Waals surface area contributed by atoms with Gasteiger partial charge in [-0.05, 0) is 60.9 Å². The van der Waals surface area contributed by atoms with E-state index in [1.54, 1.807) is 0 Å². The van der Waals surface area contributed by atoms with E-state index in [9.17, 15) is 0 Å². The molecule has 0 bridgehead atoms. The summed E-state index contributed by atoms with van der Waals surface area (Å²) < 4.78 is 4.91. The van der Waals surface area contributed by atoms with Crippen molar-refractivity contribution in [2.24, 2.45) is 0 Å². The Morgan fingerprint density at radius 3 is 1.28 bits per heavy atom. The third-order valence-electron chi connectivity index (χ3n) is 11.4. The van der Waals surface area contributed by atoms with Crippen LogP contribution in [0.15, 0.2) is 188 Å². The average Bonchev–Trinajstić information content (AvgIpc) is 3.79. The predicted molar refractivity (Wildman–Crippen MR) is 240 cm³/mol. The first kappa shape index (κ1) is 33.7. The predicted octanol–water partition coefficient (Wildman–Crippen LogP) is 13.4. The summed E-state index contributed by atoms with van der Waals surface area (Å²) in [5.41, 5.74) is 14.6. The second-order valence-electron chi connectivity index (χ2n) is 15.0. The van der Waals surface area contributed by atoms with E-state index >= 15 is 0 Å². The van der Waals surface area contributed by atoms with Crippen LogP contribution in [0.1, 0.15) is 11.1 Å². The monoisotopic (exact) mass is 743 g/mol. The summed E-state index contributed by atoms with van der Waals surface area (Å²) in [6, 6.07) is 66.6. The summed E-state index contributed by atoms with van der Waals surface area (Å²) in [5.74, 6) is 1.92. The first-order chi connectivity index (χ1) is 28.6. The van der Waals surface area contributed by atoms with E-state index < -0.39 is 0 Å². The van der Waals surface area contributed by atoms with Crippen molar-refractivity contribution in [3.63, 3.8) is 0 Å². The molecule has 11 aromatic rings. The quantitative estimate of drug-likeness (QED) is 0.170. The Morgan fingerprint density at radius 2 is 0.759 bits per heavy atom. The fraction of sp³-hybridized carbons (Fsp3) is 0.0377. The van der Waals surface area contributed by atoms with Gasteiger partial charge < -0.3 is 9.13 Å². The summed E-state index contributed by atoms with van der Waals surface area (Å²) in [5, 5.41) is 4.90. The van der Waals surface area contributed by atoms with Crippen molar-refractivity contribution in [3.05, 3.63) is 199 Å². The molecule has 58 heavy (non-hydrogen) atoms. The summed E-state index contributed by atoms with van der Waals surface area (Å²) in [7, 11) is 0. The molecule has 0 spiro atoms. The van der Waals surface area contributed by atoms with Crippen molar-refractivity contribution in [1.82, 2.24) is 24.1 Å². The van der Waals surface area contributed by atoms with Gasteiger partial charge in [-0.1, -0.05) is 158 Å². The summed E-state index contributed by atoms with van der Waals surface area (Å²) in [6.07, 6.45) is 0. The Bertz CT molecular complexity index is 3210. The van der Waals surface area contributed by atoms with Gasteiger partial charge in [0.05, 0.1) is 27.8 Å². The summed E-state index contributed by atoms with van der Waals surface area (Å²) in [6.45, 7) is 4.43. The highest BCUT2D eigenvalue weighted by Crippen LogP contribution is 2.43.